The van der Waals surface area contributed by atoms with Gasteiger partial charge in [-0.15, -0.1) is 0 Å². The molecule has 15 heteroatoms. The molecule has 0 aromatic heterocycles. The van der Waals surface area contributed by atoms with Crippen molar-refractivity contribution >= 4 is 35.3 Å². The standard InChI is InChI=1S/C22H30N6O9/c23-9-2-1-3-15-21(33)25-14(19(24)31)8-10-37-17-6-4-12(28(35)36)11-13(17)20(32)26-16(22(34)27-15)5-7-18(29)30/h4,6,11,14-16H,1-3,5,7-10,23H2,(H2,24,31)(H,25,33)(H,26,32)(H,27,34)(H,29,30)/t14-,15+,16-/m0/s1. The lowest BCUT2D eigenvalue weighted by Gasteiger charge is -2.25. The van der Waals surface area contributed by atoms with Gasteiger partial charge >= 0.3 is 5.97 Å². The maximum Gasteiger partial charge on any atom is 0.303 e. The molecule has 1 aromatic carbocycles. The Kier molecular flexibility index (Phi) is 10.7. The Hall–Kier alpha value is -4.27. The maximum absolute atomic E-state index is 13.1. The van der Waals surface area contributed by atoms with Crippen LogP contribution in [0.15, 0.2) is 18.2 Å². The molecule has 1 aliphatic rings. The van der Waals surface area contributed by atoms with E-state index in [2.05, 4.69) is 16.0 Å². The second-order valence-corrected chi connectivity index (χ2v) is 8.34. The van der Waals surface area contributed by atoms with E-state index < -0.39 is 64.8 Å². The summed E-state index contributed by atoms with van der Waals surface area (Å²) in [5.41, 5.74) is 10.2. The molecular weight excluding hydrogens is 492 g/mol. The van der Waals surface area contributed by atoms with Crippen molar-refractivity contribution in [2.45, 2.75) is 56.7 Å². The van der Waals surface area contributed by atoms with Gasteiger partial charge in [-0.05, 0) is 38.3 Å². The second kappa shape index (κ2) is 13.7. The molecule has 1 heterocycles. The number of nitrogens with two attached hydrogens (primary N) is 2. The van der Waals surface area contributed by atoms with Gasteiger partial charge in [0.15, 0.2) is 0 Å². The number of benzene rings is 1. The van der Waals surface area contributed by atoms with E-state index in [4.69, 9.17) is 21.3 Å². The Labute approximate surface area is 211 Å². The summed E-state index contributed by atoms with van der Waals surface area (Å²) in [6.07, 6.45) is 0.211. The predicted molar refractivity (Wildman–Crippen MR) is 127 cm³/mol. The lowest BCUT2D eigenvalue weighted by Crippen LogP contribution is -2.56. The minimum absolute atomic E-state index is 0.0910. The van der Waals surface area contributed by atoms with E-state index in [-0.39, 0.29) is 37.2 Å². The first-order valence-electron chi connectivity index (χ1n) is 11.6. The van der Waals surface area contributed by atoms with Gasteiger partial charge < -0.3 is 37.3 Å². The molecule has 1 aromatic rings. The van der Waals surface area contributed by atoms with E-state index in [9.17, 15) is 34.1 Å². The summed E-state index contributed by atoms with van der Waals surface area (Å²) < 4.78 is 5.57. The number of nitrogens with zero attached hydrogens (tertiary/aromatic N) is 1. The summed E-state index contributed by atoms with van der Waals surface area (Å²) in [6.45, 7) is 0.144. The number of hydrogen-bond donors (Lipinski definition) is 6. The monoisotopic (exact) mass is 522 g/mol. The van der Waals surface area contributed by atoms with Crippen molar-refractivity contribution in [2.24, 2.45) is 11.5 Å². The van der Waals surface area contributed by atoms with Crippen molar-refractivity contribution < 1.29 is 38.7 Å². The van der Waals surface area contributed by atoms with Gasteiger partial charge in [0.1, 0.15) is 23.9 Å². The molecule has 3 atom stereocenters. The third kappa shape index (κ3) is 8.71. The number of rotatable bonds is 9. The number of hydrogen-bond acceptors (Lipinski definition) is 9. The van der Waals surface area contributed by atoms with Crippen LogP contribution in [0.25, 0.3) is 0 Å². The number of non-ortho nitro benzene ring substituents is 1. The Morgan fingerprint density at radius 2 is 1.76 bits per heavy atom. The van der Waals surface area contributed by atoms with Gasteiger partial charge in [0.2, 0.25) is 17.7 Å². The van der Waals surface area contributed by atoms with Gasteiger partial charge in [-0.3, -0.25) is 34.1 Å². The van der Waals surface area contributed by atoms with E-state index >= 15 is 0 Å². The lowest BCUT2D eigenvalue weighted by molar-refractivity contribution is -0.384. The molecule has 1 aliphatic heterocycles. The number of unbranched alkanes of at least 4 members (excludes halogenated alkanes) is 1. The Bertz CT molecular complexity index is 1050. The van der Waals surface area contributed by atoms with Gasteiger partial charge in [-0.2, -0.15) is 0 Å². The number of carbonyl (C=O) groups is 5. The number of carbonyl (C=O) groups excluding carboxylic acids is 4. The van der Waals surface area contributed by atoms with Gasteiger partial charge in [-0.25, -0.2) is 0 Å². The molecule has 15 nitrogen and oxygen atoms in total. The van der Waals surface area contributed by atoms with E-state index in [1.54, 1.807) is 0 Å². The van der Waals surface area contributed by atoms with Crippen molar-refractivity contribution in [1.82, 2.24) is 16.0 Å². The van der Waals surface area contributed by atoms with E-state index in [0.717, 1.165) is 12.1 Å². The number of fused-ring (bicyclic) bond motifs is 1. The van der Waals surface area contributed by atoms with Crippen molar-refractivity contribution in [1.29, 1.82) is 0 Å². The maximum atomic E-state index is 13.1. The zero-order chi connectivity index (χ0) is 27.5. The van der Waals surface area contributed by atoms with Crippen LogP contribution in [0.5, 0.6) is 5.75 Å². The number of primary amides is 1. The molecule has 0 bridgehead atoms. The molecule has 0 saturated heterocycles. The average Bonchev–Trinajstić information content (AvgIpc) is 2.84. The highest BCUT2D eigenvalue weighted by Crippen LogP contribution is 2.25. The highest BCUT2D eigenvalue weighted by atomic mass is 16.6. The first-order chi connectivity index (χ1) is 17.5. The zero-order valence-electron chi connectivity index (χ0n) is 19.9. The number of aliphatic carboxylic acids is 1. The molecule has 2 rings (SSSR count). The second-order valence-electron chi connectivity index (χ2n) is 8.34. The molecular formula is C22H30N6O9. The van der Waals surface area contributed by atoms with Crippen LogP contribution in [0.2, 0.25) is 0 Å². The molecule has 0 saturated carbocycles. The molecule has 37 heavy (non-hydrogen) atoms. The molecule has 4 amide bonds. The van der Waals surface area contributed by atoms with Crippen LogP contribution >= 0.6 is 0 Å². The third-order valence-electron chi connectivity index (χ3n) is 5.59. The third-order valence-corrected chi connectivity index (χ3v) is 5.59. The summed E-state index contributed by atoms with van der Waals surface area (Å²) in [5.74, 6) is -4.68. The van der Waals surface area contributed by atoms with Crippen molar-refractivity contribution in [3.8, 4) is 5.75 Å². The predicted octanol–water partition coefficient (Wildman–Crippen LogP) is -1.08. The molecule has 0 fully saturated rings. The van der Waals surface area contributed by atoms with Crippen LogP contribution < -0.4 is 32.2 Å². The van der Waals surface area contributed by atoms with Crippen LogP contribution in [-0.4, -0.2) is 70.9 Å². The number of nitro benzene ring substituents is 1. The topological polar surface area (TPSA) is 246 Å². The summed E-state index contributed by atoms with van der Waals surface area (Å²) in [4.78, 5) is 72.7. The first-order valence-corrected chi connectivity index (χ1v) is 11.6. The minimum atomic E-state index is -1.41. The number of carboxylic acid groups (broad SMARTS) is 1. The van der Waals surface area contributed by atoms with E-state index in [1.165, 1.54) is 6.07 Å². The zero-order valence-corrected chi connectivity index (χ0v) is 19.9. The normalized spacial score (nSPS) is 20.8. The Morgan fingerprint density at radius 3 is 2.38 bits per heavy atom. The lowest BCUT2D eigenvalue weighted by atomic mass is 10.0. The Balaban J connectivity index is 2.48. The van der Waals surface area contributed by atoms with Gasteiger partial charge in [-0.1, -0.05) is 0 Å². The quantitative estimate of drug-likeness (QED) is 0.130. The Morgan fingerprint density at radius 1 is 1.08 bits per heavy atom. The first kappa shape index (κ1) is 29.0. The summed E-state index contributed by atoms with van der Waals surface area (Å²) in [6, 6.07) is -0.494. The van der Waals surface area contributed by atoms with E-state index in [1.807, 2.05) is 0 Å². The molecule has 8 N–H and O–H groups in total. The number of nitrogens with one attached hydrogen (secondary N) is 3. The fraction of sp³-hybridized carbons (Fsp3) is 0.500. The van der Waals surface area contributed by atoms with Crippen LogP contribution in [0.4, 0.5) is 5.69 Å². The molecule has 0 spiro atoms. The summed E-state index contributed by atoms with van der Waals surface area (Å²) in [5, 5.41) is 27.7. The molecule has 0 radical (unpaired) electrons. The minimum Gasteiger partial charge on any atom is -0.493 e. The number of amides is 4. The number of ether oxygens (including phenoxy) is 1. The van der Waals surface area contributed by atoms with Gasteiger partial charge in [0, 0.05) is 25.0 Å². The number of carboxylic acids is 1. The molecule has 0 unspecified atom stereocenters. The largest absolute Gasteiger partial charge is 0.493 e. The highest BCUT2D eigenvalue weighted by molar-refractivity contribution is 6.01. The van der Waals surface area contributed by atoms with Crippen molar-refractivity contribution in [3.05, 3.63) is 33.9 Å². The van der Waals surface area contributed by atoms with Crippen LogP contribution in [0.3, 0.4) is 0 Å². The fourth-order valence-corrected chi connectivity index (χ4v) is 3.59. The number of nitro groups is 1. The van der Waals surface area contributed by atoms with Crippen LogP contribution in [0, 0.1) is 10.1 Å². The van der Waals surface area contributed by atoms with Crippen LogP contribution in [-0.2, 0) is 19.2 Å². The highest BCUT2D eigenvalue weighted by Gasteiger charge is 2.31. The summed E-state index contributed by atoms with van der Waals surface area (Å²) in [7, 11) is 0. The van der Waals surface area contributed by atoms with Gasteiger partial charge in [0.05, 0.1) is 17.1 Å². The SMILES string of the molecule is NCCCC[C@H]1NC(=O)[C@H](CCC(=O)O)NC(=O)c2cc([N+](=O)[O-])ccc2OCC[C@@H](C(N)=O)NC1=O. The van der Waals surface area contributed by atoms with E-state index in [0.29, 0.717) is 19.4 Å². The van der Waals surface area contributed by atoms with Gasteiger partial charge in [0.25, 0.3) is 11.6 Å². The fourth-order valence-electron chi connectivity index (χ4n) is 3.59. The molecule has 202 valence electrons. The smallest absolute Gasteiger partial charge is 0.303 e. The van der Waals surface area contributed by atoms with Crippen molar-refractivity contribution in [2.75, 3.05) is 13.2 Å². The summed E-state index contributed by atoms with van der Waals surface area (Å²) >= 11 is 0. The van der Waals surface area contributed by atoms with Crippen molar-refractivity contribution in [3.63, 3.8) is 0 Å². The average molecular weight is 523 g/mol. The molecule has 0 aliphatic carbocycles. The van der Waals surface area contributed by atoms with Crippen LogP contribution in [0.1, 0.15) is 48.9 Å².